The maximum absolute atomic E-state index is 10.8. The highest BCUT2D eigenvalue weighted by atomic mass is 32.1. The zero-order valence-corrected chi connectivity index (χ0v) is 13.8. The van der Waals surface area contributed by atoms with Gasteiger partial charge in [-0.2, -0.15) is 0 Å². The molecule has 3 nitrogen and oxygen atoms in total. The average molecular weight is 332 g/mol. The first-order valence-electron chi connectivity index (χ1n) is 8.09. The number of fused-ring (bicyclic) bond motifs is 4. The highest BCUT2D eigenvalue weighted by molar-refractivity contribution is 7.19. The number of imidazole rings is 1. The second-order valence-electron chi connectivity index (χ2n) is 6.23. The van der Waals surface area contributed by atoms with Gasteiger partial charge in [0.25, 0.3) is 0 Å². The molecule has 1 aliphatic rings. The molecular weight excluding hydrogens is 316 g/mol. The van der Waals surface area contributed by atoms with E-state index in [1.54, 1.807) is 11.3 Å². The standard InChI is InChI=1S/C20H16N2OS/c23-18(20-9-13-5-1-4-8-19(13)24-20)10-16-14-6-2-3-7-15(14)17-11-21-12-22(16)17/h1-9,11-12,16,18,23H,10H2. The zero-order chi connectivity index (χ0) is 16.1. The van der Waals surface area contributed by atoms with Gasteiger partial charge in [0.2, 0.25) is 0 Å². The van der Waals surface area contributed by atoms with Crippen LogP contribution in [0.5, 0.6) is 0 Å². The molecule has 0 bridgehead atoms. The Kier molecular flexibility index (Phi) is 3.08. The van der Waals surface area contributed by atoms with Gasteiger partial charge in [0.05, 0.1) is 30.4 Å². The van der Waals surface area contributed by atoms with Crippen LogP contribution in [-0.4, -0.2) is 14.7 Å². The molecule has 0 amide bonds. The van der Waals surface area contributed by atoms with Crippen molar-refractivity contribution >= 4 is 21.4 Å². The smallest absolute Gasteiger partial charge is 0.0956 e. The molecule has 0 aliphatic carbocycles. The molecule has 0 spiro atoms. The fourth-order valence-electron chi connectivity index (χ4n) is 3.67. The summed E-state index contributed by atoms with van der Waals surface area (Å²) in [6, 6.07) is 18.9. The van der Waals surface area contributed by atoms with E-state index in [1.807, 2.05) is 24.7 Å². The molecule has 0 radical (unpaired) electrons. The van der Waals surface area contributed by atoms with Crippen molar-refractivity contribution in [2.24, 2.45) is 0 Å². The van der Waals surface area contributed by atoms with Crippen LogP contribution in [0.25, 0.3) is 21.3 Å². The summed E-state index contributed by atoms with van der Waals surface area (Å²) in [6.07, 6.45) is 3.96. The van der Waals surface area contributed by atoms with Crippen molar-refractivity contribution in [3.05, 3.63) is 77.6 Å². The first kappa shape index (κ1) is 14.0. The van der Waals surface area contributed by atoms with E-state index in [9.17, 15) is 5.11 Å². The number of rotatable bonds is 3. The lowest BCUT2D eigenvalue weighted by Gasteiger charge is -2.18. The van der Waals surface area contributed by atoms with Gasteiger partial charge in [0.1, 0.15) is 0 Å². The normalized spacial score (nSPS) is 17.0. The summed E-state index contributed by atoms with van der Waals surface area (Å²) in [5.41, 5.74) is 3.64. The van der Waals surface area contributed by atoms with Crippen LogP contribution < -0.4 is 0 Å². The predicted octanol–water partition coefficient (Wildman–Crippen LogP) is 4.79. The van der Waals surface area contributed by atoms with Crippen LogP contribution in [0.2, 0.25) is 0 Å². The van der Waals surface area contributed by atoms with Crippen molar-refractivity contribution < 1.29 is 5.11 Å². The Balaban J connectivity index is 1.51. The van der Waals surface area contributed by atoms with Gasteiger partial charge in [0.15, 0.2) is 0 Å². The van der Waals surface area contributed by atoms with E-state index in [0.29, 0.717) is 6.42 Å². The van der Waals surface area contributed by atoms with E-state index in [-0.39, 0.29) is 6.04 Å². The van der Waals surface area contributed by atoms with Crippen molar-refractivity contribution in [1.82, 2.24) is 9.55 Å². The van der Waals surface area contributed by atoms with E-state index < -0.39 is 6.10 Å². The minimum Gasteiger partial charge on any atom is -0.387 e. The van der Waals surface area contributed by atoms with E-state index >= 15 is 0 Å². The van der Waals surface area contributed by atoms with E-state index in [0.717, 1.165) is 10.6 Å². The molecule has 2 aromatic heterocycles. The number of aliphatic hydroxyl groups is 1. The summed E-state index contributed by atoms with van der Waals surface area (Å²) in [5, 5.41) is 12.0. The fraction of sp³-hybridized carbons (Fsp3) is 0.150. The molecule has 118 valence electrons. The Morgan fingerprint density at radius 2 is 1.96 bits per heavy atom. The molecule has 4 heteroatoms. The molecule has 24 heavy (non-hydrogen) atoms. The Bertz CT molecular complexity index is 1000. The minimum absolute atomic E-state index is 0.138. The summed E-state index contributed by atoms with van der Waals surface area (Å²) in [4.78, 5) is 5.32. The molecule has 3 heterocycles. The lowest BCUT2D eigenvalue weighted by atomic mass is 9.98. The van der Waals surface area contributed by atoms with E-state index in [4.69, 9.17) is 0 Å². The monoisotopic (exact) mass is 332 g/mol. The van der Waals surface area contributed by atoms with Gasteiger partial charge in [-0.1, -0.05) is 42.5 Å². The molecule has 2 atom stereocenters. The Hall–Kier alpha value is -2.43. The number of aromatic nitrogens is 2. The van der Waals surface area contributed by atoms with Gasteiger partial charge in [0, 0.05) is 21.6 Å². The van der Waals surface area contributed by atoms with Crippen molar-refractivity contribution in [2.75, 3.05) is 0 Å². The second-order valence-corrected chi connectivity index (χ2v) is 7.34. The van der Waals surface area contributed by atoms with Gasteiger partial charge < -0.3 is 9.67 Å². The molecule has 0 fully saturated rings. The average Bonchev–Trinajstić information content (AvgIpc) is 3.30. The van der Waals surface area contributed by atoms with Crippen LogP contribution in [0.15, 0.2) is 67.1 Å². The fourth-order valence-corrected chi connectivity index (χ4v) is 4.73. The SMILES string of the molecule is OC(CC1c2ccccc2-c2cncn21)c1cc2ccccc2s1. The molecule has 1 aliphatic heterocycles. The number of hydrogen-bond acceptors (Lipinski definition) is 3. The molecule has 2 aromatic carbocycles. The quantitative estimate of drug-likeness (QED) is 0.586. The third kappa shape index (κ3) is 2.04. The summed E-state index contributed by atoms with van der Waals surface area (Å²) in [5.74, 6) is 0. The Morgan fingerprint density at radius 3 is 2.88 bits per heavy atom. The minimum atomic E-state index is -0.478. The lowest BCUT2D eigenvalue weighted by molar-refractivity contribution is 0.157. The number of nitrogens with zero attached hydrogens (tertiary/aromatic N) is 2. The largest absolute Gasteiger partial charge is 0.387 e. The highest BCUT2D eigenvalue weighted by Crippen LogP contribution is 2.44. The van der Waals surface area contributed by atoms with Crippen molar-refractivity contribution in [1.29, 1.82) is 0 Å². The van der Waals surface area contributed by atoms with Crippen LogP contribution in [0.3, 0.4) is 0 Å². The van der Waals surface area contributed by atoms with E-state index in [2.05, 4.69) is 52.0 Å². The summed E-state index contributed by atoms with van der Waals surface area (Å²) < 4.78 is 3.41. The number of hydrogen-bond donors (Lipinski definition) is 1. The van der Waals surface area contributed by atoms with Crippen LogP contribution in [0, 0.1) is 0 Å². The molecule has 2 unspecified atom stereocenters. The van der Waals surface area contributed by atoms with Gasteiger partial charge in [-0.05, 0) is 23.1 Å². The van der Waals surface area contributed by atoms with Crippen LogP contribution in [0.1, 0.15) is 29.0 Å². The topological polar surface area (TPSA) is 38.1 Å². The molecule has 5 rings (SSSR count). The summed E-state index contributed by atoms with van der Waals surface area (Å²) in [7, 11) is 0. The third-order valence-electron chi connectivity index (χ3n) is 4.82. The molecule has 4 aromatic rings. The number of benzene rings is 2. The van der Waals surface area contributed by atoms with Crippen molar-refractivity contribution in [3.8, 4) is 11.3 Å². The lowest BCUT2D eigenvalue weighted by Crippen LogP contribution is -2.09. The first-order valence-corrected chi connectivity index (χ1v) is 8.90. The second kappa shape index (κ2) is 5.30. The highest BCUT2D eigenvalue weighted by Gasteiger charge is 2.30. The predicted molar refractivity (Wildman–Crippen MR) is 97.2 cm³/mol. The molecular formula is C20H16N2OS. The molecule has 0 saturated heterocycles. The zero-order valence-electron chi connectivity index (χ0n) is 13.0. The summed E-state index contributed by atoms with van der Waals surface area (Å²) >= 11 is 1.68. The third-order valence-corrected chi connectivity index (χ3v) is 6.03. The number of thiophene rings is 1. The van der Waals surface area contributed by atoms with Crippen LogP contribution >= 0.6 is 11.3 Å². The van der Waals surface area contributed by atoms with Gasteiger partial charge in [-0.25, -0.2) is 4.98 Å². The maximum atomic E-state index is 10.8. The van der Waals surface area contributed by atoms with E-state index in [1.165, 1.54) is 21.2 Å². The van der Waals surface area contributed by atoms with Crippen molar-refractivity contribution in [3.63, 3.8) is 0 Å². The van der Waals surface area contributed by atoms with Crippen LogP contribution in [0.4, 0.5) is 0 Å². The van der Waals surface area contributed by atoms with Gasteiger partial charge in [-0.15, -0.1) is 11.3 Å². The van der Waals surface area contributed by atoms with Gasteiger partial charge >= 0.3 is 0 Å². The Labute approximate surface area is 143 Å². The molecule has 1 N–H and O–H groups in total. The van der Waals surface area contributed by atoms with Gasteiger partial charge in [-0.3, -0.25) is 0 Å². The van der Waals surface area contributed by atoms with Crippen molar-refractivity contribution in [2.45, 2.75) is 18.6 Å². The summed E-state index contributed by atoms with van der Waals surface area (Å²) in [6.45, 7) is 0. The molecule has 0 saturated carbocycles. The first-order chi connectivity index (χ1) is 11.8. The number of aliphatic hydroxyl groups excluding tert-OH is 1. The Morgan fingerprint density at radius 1 is 1.12 bits per heavy atom. The maximum Gasteiger partial charge on any atom is 0.0956 e. The van der Waals surface area contributed by atoms with Crippen LogP contribution in [-0.2, 0) is 0 Å².